The minimum absolute atomic E-state index is 0.155. The smallest absolute Gasteiger partial charge is 0.291 e. The molecule has 0 saturated heterocycles. The average Bonchev–Trinajstić information content (AvgIpc) is 3.02. The van der Waals surface area contributed by atoms with Crippen LogP contribution in [0.4, 0.5) is 10.1 Å². The second-order valence-corrected chi connectivity index (χ2v) is 5.84. The molecule has 0 aliphatic rings. The molecule has 1 N–H and O–H groups in total. The average molecular weight is 339 g/mol. The van der Waals surface area contributed by atoms with Crippen molar-refractivity contribution in [2.24, 2.45) is 0 Å². The Morgan fingerprint density at radius 3 is 2.40 bits per heavy atom. The molecule has 0 aliphatic heterocycles. The van der Waals surface area contributed by atoms with Crippen molar-refractivity contribution >= 4 is 11.6 Å². The highest BCUT2D eigenvalue weighted by molar-refractivity contribution is 6.02. The Hall–Kier alpha value is -3.08. The van der Waals surface area contributed by atoms with Gasteiger partial charge in [0.2, 0.25) is 0 Å². The maximum absolute atomic E-state index is 12.9. The SMILES string of the molecule is Cc1cc(C)cc(NC(=O)c2ccc(COc3ccc(F)cc3)o2)c1. The predicted octanol–water partition coefficient (Wildman–Crippen LogP) is 4.87. The van der Waals surface area contributed by atoms with Gasteiger partial charge in [0.25, 0.3) is 5.91 Å². The fourth-order valence-corrected chi connectivity index (χ4v) is 2.50. The summed E-state index contributed by atoms with van der Waals surface area (Å²) in [7, 11) is 0. The highest BCUT2D eigenvalue weighted by atomic mass is 19.1. The number of rotatable bonds is 5. The van der Waals surface area contributed by atoms with Crippen LogP contribution in [0.5, 0.6) is 5.75 Å². The molecule has 128 valence electrons. The van der Waals surface area contributed by atoms with Crippen LogP contribution in [0, 0.1) is 19.7 Å². The van der Waals surface area contributed by atoms with Crippen LogP contribution in [0.3, 0.4) is 0 Å². The third-order valence-corrected chi connectivity index (χ3v) is 3.56. The minimum Gasteiger partial charge on any atom is -0.486 e. The lowest BCUT2D eigenvalue weighted by Gasteiger charge is -2.06. The molecule has 4 nitrogen and oxygen atoms in total. The van der Waals surface area contributed by atoms with Gasteiger partial charge in [0.05, 0.1) is 0 Å². The first-order valence-electron chi connectivity index (χ1n) is 7.86. The van der Waals surface area contributed by atoms with Crippen LogP contribution in [0.2, 0.25) is 0 Å². The fourth-order valence-electron chi connectivity index (χ4n) is 2.50. The number of nitrogens with one attached hydrogen (secondary N) is 1. The molecule has 0 aliphatic carbocycles. The molecular formula is C20H18FNO3. The maximum Gasteiger partial charge on any atom is 0.291 e. The van der Waals surface area contributed by atoms with Gasteiger partial charge >= 0.3 is 0 Å². The standard InChI is InChI=1S/C20H18FNO3/c1-13-9-14(2)11-16(10-13)22-20(23)19-8-7-18(25-19)12-24-17-5-3-15(21)4-6-17/h3-11H,12H2,1-2H3,(H,22,23). The Morgan fingerprint density at radius 2 is 1.72 bits per heavy atom. The summed E-state index contributed by atoms with van der Waals surface area (Å²) in [5, 5.41) is 2.82. The van der Waals surface area contributed by atoms with Gasteiger partial charge in [-0.05, 0) is 73.5 Å². The van der Waals surface area contributed by atoms with E-state index in [1.807, 2.05) is 32.0 Å². The Balaban J connectivity index is 1.62. The zero-order valence-corrected chi connectivity index (χ0v) is 14.0. The van der Waals surface area contributed by atoms with Crippen LogP contribution >= 0.6 is 0 Å². The van der Waals surface area contributed by atoms with E-state index >= 15 is 0 Å². The first-order chi connectivity index (χ1) is 12.0. The fraction of sp³-hybridized carbons (Fsp3) is 0.150. The number of ether oxygens (including phenoxy) is 1. The monoisotopic (exact) mass is 339 g/mol. The van der Waals surface area contributed by atoms with Crippen molar-refractivity contribution in [3.8, 4) is 5.75 Å². The van der Waals surface area contributed by atoms with Crippen LogP contribution in [-0.4, -0.2) is 5.91 Å². The number of anilines is 1. The number of hydrogen-bond acceptors (Lipinski definition) is 3. The molecule has 0 radical (unpaired) electrons. The molecule has 0 atom stereocenters. The summed E-state index contributed by atoms with van der Waals surface area (Å²) < 4.78 is 23.9. The zero-order chi connectivity index (χ0) is 17.8. The number of hydrogen-bond donors (Lipinski definition) is 1. The number of carbonyl (C=O) groups excluding carboxylic acids is 1. The molecule has 3 rings (SSSR count). The van der Waals surface area contributed by atoms with E-state index < -0.39 is 0 Å². The van der Waals surface area contributed by atoms with E-state index in [2.05, 4.69) is 5.32 Å². The molecular weight excluding hydrogens is 321 g/mol. The van der Waals surface area contributed by atoms with Gasteiger partial charge in [-0.1, -0.05) is 6.07 Å². The molecule has 0 fully saturated rings. The van der Waals surface area contributed by atoms with E-state index in [-0.39, 0.29) is 24.1 Å². The van der Waals surface area contributed by atoms with Crippen molar-refractivity contribution in [1.82, 2.24) is 0 Å². The number of aryl methyl sites for hydroxylation is 2. The predicted molar refractivity (Wildman–Crippen MR) is 93.3 cm³/mol. The highest BCUT2D eigenvalue weighted by Crippen LogP contribution is 2.18. The third-order valence-electron chi connectivity index (χ3n) is 3.56. The lowest BCUT2D eigenvalue weighted by molar-refractivity contribution is 0.0992. The minimum atomic E-state index is -0.323. The van der Waals surface area contributed by atoms with Gasteiger partial charge in [0.15, 0.2) is 5.76 Å². The summed E-state index contributed by atoms with van der Waals surface area (Å²) >= 11 is 0. The molecule has 0 saturated carbocycles. The summed E-state index contributed by atoms with van der Waals surface area (Å²) in [5.41, 5.74) is 2.87. The summed E-state index contributed by atoms with van der Waals surface area (Å²) in [6.45, 7) is 4.10. The van der Waals surface area contributed by atoms with Crippen molar-refractivity contribution in [1.29, 1.82) is 0 Å². The first-order valence-corrected chi connectivity index (χ1v) is 7.86. The van der Waals surface area contributed by atoms with E-state index in [4.69, 9.17) is 9.15 Å². The van der Waals surface area contributed by atoms with Gasteiger partial charge in [-0.2, -0.15) is 0 Å². The molecule has 1 aromatic heterocycles. The van der Waals surface area contributed by atoms with Gasteiger partial charge in [-0.3, -0.25) is 4.79 Å². The number of benzene rings is 2. The van der Waals surface area contributed by atoms with Gasteiger partial charge < -0.3 is 14.5 Å². The van der Waals surface area contributed by atoms with Gasteiger partial charge in [0, 0.05) is 5.69 Å². The topological polar surface area (TPSA) is 51.5 Å². The molecule has 0 spiro atoms. The molecule has 1 heterocycles. The zero-order valence-electron chi connectivity index (χ0n) is 14.0. The number of furan rings is 1. The second kappa shape index (κ2) is 7.21. The van der Waals surface area contributed by atoms with E-state index in [1.54, 1.807) is 12.1 Å². The van der Waals surface area contributed by atoms with Crippen molar-refractivity contribution in [2.45, 2.75) is 20.5 Å². The molecule has 1 amide bonds. The molecule has 5 heteroatoms. The first kappa shape index (κ1) is 16.8. The Bertz CT molecular complexity index is 864. The summed E-state index contributed by atoms with van der Waals surface area (Å²) in [4.78, 5) is 12.3. The molecule has 3 aromatic rings. The number of amides is 1. The van der Waals surface area contributed by atoms with Crippen molar-refractivity contribution < 1.29 is 18.3 Å². The number of carbonyl (C=O) groups is 1. The Morgan fingerprint density at radius 1 is 1.04 bits per heavy atom. The Labute approximate surface area is 145 Å². The normalized spacial score (nSPS) is 10.5. The van der Waals surface area contributed by atoms with E-state index in [9.17, 15) is 9.18 Å². The largest absolute Gasteiger partial charge is 0.486 e. The third kappa shape index (κ3) is 4.47. The van der Waals surface area contributed by atoms with Crippen molar-refractivity contribution in [3.05, 3.63) is 83.1 Å². The van der Waals surface area contributed by atoms with Gasteiger partial charge in [-0.15, -0.1) is 0 Å². The molecule has 2 aromatic carbocycles. The second-order valence-electron chi connectivity index (χ2n) is 5.84. The van der Waals surface area contributed by atoms with Crippen LogP contribution in [0.15, 0.2) is 59.0 Å². The lowest BCUT2D eigenvalue weighted by Crippen LogP contribution is -2.11. The highest BCUT2D eigenvalue weighted by Gasteiger charge is 2.12. The van der Waals surface area contributed by atoms with E-state index in [1.165, 1.54) is 24.3 Å². The van der Waals surface area contributed by atoms with Crippen molar-refractivity contribution in [2.75, 3.05) is 5.32 Å². The van der Waals surface area contributed by atoms with Crippen LogP contribution in [-0.2, 0) is 6.61 Å². The molecule has 25 heavy (non-hydrogen) atoms. The van der Waals surface area contributed by atoms with Crippen LogP contribution < -0.4 is 10.1 Å². The Kier molecular flexibility index (Phi) is 4.84. The maximum atomic E-state index is 12.9. The number of halogens is 1. The van der Waals surface area contributed by atoms with Crippen molar-refractivity contribution in [3.63, 3.8) is 0 Å². The quantitative estimate of drug-likeness (QED) is 0.722. The summed E-state index contributed by atoms with van der Waals surface area (Å²) in [5.74, 6) is 0.597. The molecule has 0 bridgehead atoms. The summed E-state index contributed by atoms with van der Waals surface area (Å²) in [6.07, 6.45) is 0. The van der Waals surface area contributed by atoms with Crippen LogP contribution in [0.1, 0.15) is 27.4 Å². The van der Waals surface area contributed by atoms with E-state index in [0.717, 1.165) is 16.8 Å². The summed E-state index contributed by atoms with van der Waals surface area (Å²) in [6, 6.07) is 14.8. The molecule has 0 unspecified atom stereocenters. The van der Waals surface area contributed by atoms with Gasteiger partial charge in [-0.25, -0.2) is 4.39 Å². The lowest BCUT2D eigenvalue weighted by atomic mass is 10.1. The van der Waals surface area contributed by atoms with Crippen LogP contribution in [0.25, 0.3) is 0 Å². The van der Waals surface area contributed by atoms with E-state index in [0.29, 0.717) is 11.5 Å². The van der Waals surface area contributed by atoms with Gasteiger partial charge in [0.1, 0.15) is 23.9 Å².